The summed E-state index contributed by atoms with van der Waals surface area (Å²) in [5, 5.41) is 3.55. The van der Waals surface area contributed by atoms with Gasteiger partial charge >= 0.3 is 5.97 Å². The highest BCUT2D eigenvalue weighted by Gasteiger charge is 2.30. The maximum absolute atomic E-state index is 13.5. The van der Waals surface area contributed by atoms with Gasteiger partial charge in [0, 0.05) is 60.3 Å². The van der Waals surface area contributed by atoms with Crippen molar-refractivity contribution in [1.82, 2.24) is 14.9 Å². The molecule has 7 heteroatoms. The van der Waals surface area contributed by atoms with Gasteiger partial charge < -0.3 is 10.1 Å². The second kappa shape index (κ2) is 9.44. The van der Waals surface area contributed by atoms with Gasteiger partial charge in [-0.05, 0) is 38.5 Å². The SMILES string of the molecule is CCC(OC(=O)c1c2c(nc3ccccc13)CCN(C(C)C)C2)C(=O)Nc1ccncc1. The highest BCUT2D eigenvalue weighted by molar-refractivity contribution is 6.06. The number of benzene rings is 1. The molecule has 0 fully saturated rings. The van der Waals surface area contributed by atoms with Crippen LogP contribution in [0.1, 0.15) is 48.8 Å². The molecule has 32 heavy (non-hydrogen) atoms. The van der Waals surface area contributed by atoms with Crippen molar-refractivity contribution in [3.63, 3.8) is 0 Å². The van der Waals surface area contributed by atoms with E-state index in [-0.39, 0.29) is 5.91 Å². The molecule has 0 saturated heterocycles. The van der Waals surface area contributed by atoms with E-state index >= 15 is 0 Å². The minimum absolute atomic E-state index is 0.355. The van der Waals surface area contributed by atoms with Crippen molar-refractivity contribution in [3.05, 3.63) is 65.6 Å². The van der Waals surface area contributed by atoms with Gasteiger partial charge in [0.15, 0.2) is 6.10 Å². The number of hydrogen-bond acceptors (Lipinski definition) is 6. The van der Waals surface area contributed by atoms with Gasteiger partial charge in [0.05, 0.1) is 11.1 Å². The second-order valence-corrected chi connectivity index (χ2v) is 8.27. The zero-order valence-corrected chi connectivity index (χ0v) is 18.7. The summed E-state index contributed by atoms with van der Waals surface area (Å²) in [6.45, 7) is 7.65. The maximum atomic E-state index is 13.5. The molecule has 1 aromatic carbocycles. The van der Waals surface area contributed by atoms with Crippen LogP contribution >= 0.6 is 0 Å². The summed E-state index contributed by atoms with van der Waals surface area (Å²) in [7, 11) is 0. The number of aromatic nitrogens is 2. The zero-order chi connectivity index (χ0) is 22.7. The molecule has 0 saturated carbocycles. The zero-order valence-electron chi connectivity index (χ0n) is 18.7. The number of anilines is 1. The van der Waals surface area contributed by atoms with E-state index in [1.165, 1.54) is 0 Å². The first kappa shape index (κ1) is 21.9. The van der Waals surface area contributed by atoms with Crippen LogP contribution in [-0.2, 0) is 22.5 Å². The summed E-state index contributed by atoms with van der Waals surface area (Å²) >= 11 is 0. The van der Waals surface area contributed by atoms with E-state index in [0.717, 1.165) is 35.1 Å². The summed E-state index contributed by atoms with van der Waals surface area (Å²) < 4.78 is 5.78. The Morgan fingerprint density at radius 2 is 1.91 bits per heavy atom. The molecule has 1 amide bonds. The molecule has 1 unspecified atom stereocenters. The van der Waals surface area contributed by atoms with Crippen molar-refractivity contribution in [3.8, 4) is 0 Å². The number of rotatable bonds is 6. The van der Waals surface area contributed by atoms with Crippen LogP contribution in [0.15, 0.2) is 48.8 Å². The van der Waals surface area contributed by atoms with E-state index in [1.54, 1.807) is 24.5 Å². The second-order valence-electron chi connectivity index (χ2n) is 8.27. The smallest absolute Gasteiger partial charge is 0.340 e. The standard InChI is InChI=1S/C25H28N4O3/c1-4-22(24(30)27-17-9-12-26-13-10-17)32-25(31)23-18-7-5-6-8-20(18)28-21-11-14-29(16(2)3)15-19(21)23/h5-10,12-13,16,22H,4,11,14-15H2,1-3H3,(H,26,27,30). The van der Waals surface area contributed by atoms with E-state index in [1.807, 2.05) is 31.2 Å². The van der Waals surface area contributed by atoms with Gasteiger partial charge in [-0.25, -0.2) is 4.79 Å². The third-order valence-corrected chi connectivity index (χ3v) is 5.87. The summed E-state index contributed by atoms with van der Waals surface area (Å²) in [5.41, 5.74) is 3.73. The molecular formula is C25H28N4O3. The van der Waals surface area contributed by atoms with Gasteiger partial charge in [-0.1, -0.05) is 25.1 Å². The summed E-state index contributed by atoms with van der Waals surface area (Å²) in [6.07, 6.45) is 3.43. The highest BCUT2D eigenvalue weighted by Crippen LogP contribution is 2.30. The van der Waals surface area contributed by atoms with Gasteiger partial charge in [0.2, 0.25) is 0 Å². The molecule has 0 bridgehead atoms. The first-order valence-electron chi connectivity index (χ1n) is 11.0. The first-order chi connectivity index (χ1) is 15.5. The number of pyridine rings is 2. The number of para-hydroxylation sites is 1. The summed E-state index contributed by atoms with van der Waals surface area (Å²) in [6, 6.07) is 11.4. The van der Waals surface area contributed by atoms with E-state index in [2.05, 4.69) is 29.0 Å². The Balaban J connectivity index is 1.66. The number of carbonyl (C=O) groups excluding carboxylic acids is 2. The predicted molar refractivity (Wildman–Crippen MR) is 123 cm³/mol. The number of esters is 1. The van der Waals surface area contributed by atoms with Gasteiger partial charge in [-0.3, -0.25) is 19.7 Å². The average molecular weight is 433 g/mol. The number of hydrogen-bond donors (Lipinski definition) is 1. The van der Waals surface area contributed by atoms with Crippen LogP contribution in [0.25, 0.3) is 10.9 Å². The molecule has 1 N–H and O–H groups in total. The number of carbonyl (C=O) groups is 2. The number of ether oxygens (including phenoxy) is 1. The van der Waals surface area contributed by atoms with Crippen LogP contribution in [0.4, 0.5) is 5.69 Å². The van der Waals surface area contributed by atoms with Gasteiger partial charge in [0.1, 0.15) is 0 Å². The third-order valence-electron chi connectivity index (χ3n) is 5.87. The van der Waals surface area contributed by atoms with Crippen molar-refractivity contribution >= 4 is 28.5 Å². The van der Waals surface area contributed by atoms with Crippen LogP contribution in [0.2, 0.25) is 0 Å². The quantitative estimate of drug-likeness (QED) is 0.594. The highest BCUT2D eigenvalue weighted by atomic mass is 16.5. The third kappa shape index (κ3) is 4.48. The lowest BCUT2D eigenvalue weighted by atomic mass is 9.95. The first-order valence-corrected chi connectivity index (χ1v) is 11.0. The molecule has 3 aromatic rings. The molecule has 2 aromatic heterocycles. The molecule has 166 valence electrons. The molecule has 0 aliphatic carbocycles. The Morgan fingerprint density at radius 1 is 1.16 bits per heavy atom. The van der Waals surface area contributed by atoms with Gasteiger partial charge in [-0.15, -0.1) is 0 Å². The molecular weight excluding hydrogens is 404 g/mol. The van der Waals surface area contributed by atoms with Crippen LogP contribution in [0.3, 0.4) is 0 Å². The van der Waals surface area contributed by atoms with Crippen LogP contribution in [0, 0.1) is 0 Å². The minimum atomic E-state index is -0.900. The molecule has 0 spiro atoms. The van der Waals surface area contributed by atoms with Crippen molar-refractivity contribution in [2.24, 2.45) is 0 Å². The van der Waals surface area contributed by atoms with Crippen LogP contribution < -0.4 is 5.32 Å². The topological polar surface area (TPSA) is 84.4 Å². The molecule has 7 nitrogen and oxygen atoms in total. The van der Waals surface area contributed by atoms with E-state index in [0.29, 0.717) is 30.3 Å². The fourth-order valence-electron chi connectivity index (χ4n) is 4.05. The van der Waals surface area contributed by atoms with Crippen molar-refractivity contribution in [1.29, 1.82) is 0 Å². The van der Waals surface area contributed by atoms with E-state index < -0.39 is 12.1 Å². The monoisotopic (exact) mass is 432 g/mol. The lowest BCUT2D eigenvalue weighted by Gasteiger charge is -2.32. The van der Waals surface area contributed by atoms with Gasteiger partial charge in [-0.2, -0.15) is 0 Å². The normalized spacial score (nSPS) is 14.8. The van der Waals surface area contributed by atoms with Gasteiger partial charge in [0.25, 0.3) is 5.91 Å². The number of amides is 1. The minimum Gasteiger partial charge on any atom is -0.449 e. The van der Waals surface area contributed by atoms with Crippen molar-refractivity contribution in [2.45, 2.75) is 52.3 Å². The van der Waals surface area contributed by atoms with Crippen molar-refractivity contribution in [2.75, 3.05) is 11.9 Å². The summed E-state index contributed by atoms with van der Waals surface area (Å²) in [5.74, 6) is -0.842. The lowest BCUT2D eigenvalue weighted by molar-refractivity contribution is -0.124. The maximum Gasteiger partial charge on any atom is 0.340 e. The molecule has 3 heterocycles. The number of nitrogens with zero attached hydrogens (tertiary/aromatic N) is 3. The molecule has 0 radical (unpaired) electrons. The van der Waals surface area contributed by atoms with E-state index in [9.17, 15) is 9.59 Å². The number of fused-ring (bicyclic) bond motifs is 2. The van der Waals surface area contributed by atoms with Crippen molar-refractivity contribution < 1.29 is 14.3 Å². The lowest BCUT2D eigenvalue weighted by Crippen LogP contribution is -2.38. The Hall–Kier alpha value is -3.32. The fourth-order valence-corrected chi connectivity index (χ4v) is 4.05. The Bertz CT molecular complexity index is 1130. The van der Waals surface area contributed by atoms with Crippen LogP contribution in [-0.4, -0.2) is 45.4 Å². The molecule has 1 aliphatic rings. The molecule has 1 atom stereocenters. The molecule has 1 aliphatic heterocycles. The number of nitrogens with one attached hydrogen (secondary N) is 1. The largest absolute Gasteiger partial charge is 0.449 e. The van der Waals surface area contributed by atoms with E-state index in [4.69, 9.17) is 9.72 Å². The summed E-state index contributed by atoms with van der Waals surface area (Å²) in [4.78, 5) is 37.3. The fraction of sp³-hybridized carbons (Fsp3) is 0.360. The molecule has 4 rings (SSSR count). The Labute approximate surface area is 187 Å². The predicted octanol–water partition coefficient (Wildman–Crippen LogP) is 3.97. The van der Waals surface area contributed by atoms with Crippen LogP contribution in [0.5, 0.6) is 0 Å². The Morgan fingerprint density at radius 3 is 2.62 bits per heavy atom. The Kier molecular flexibility index (Phi) is 6.46. The average Bonchev–Trinajstić information content (AvgIpc) is 2.80.